The Morgan fingerprint density at radius 1 is 1.00 bits per heavy atom. The van der Waals surface area contributed by atoms with Gasteiger partial charge in [0.2, 0.25) is 0 Å². The van der Waals surface area contributed by atoms with E-state index in [-0.39, 0.29) is 12.0 Å². The Labute approximate surface area is 135 Å². The summed E-state index contributed by atoms with van der Waals surface area (Å²) in [4.78, 5) is 23.4. The van der Waals surface area contributed by atoms with Gasteiger partial charge in [0.05, 0.1) is 18.9 Å². The average molecular weight is 315 g/mol. The molecule has 0 amide bonds. The fraction of sp³-hybridized carbons (Fsp3) is 0.222. The minimum atomic E-state index is -2.08. The molecule has 2 atom stereocenters. The third-order valence-electron chi connectivity index (χ3n) is 3.60. The number of aliphatic carboxylic acids is 2. The van der Waals surface area contributed by atoms with E-state index in [9.17, 15) is 19.8 Å². The van der Waals surface area contributed by atoms with Crippen LogP contribution in [0.1, 0.15) is 30.7 Å². The van der Waals surface area contributed by atoms with Gasteiger partial charge in [0.25, 0.3) is 0 Å². The molecular weight excluding hydrogens is 296 g/mol. The highest BCUT2D eigenvalue weighted by Gasteiger charge is 2.29. The molecule has 0 saturated heterocycles. The molecule has 2 N–H and O–H groups in total. The fourth-order valence-electron chi connectivity index (χ4n) is 2.36. The molecule has 0 fully saturated rings. The van der Waals surface area contributed by atoms with Gasteiger partial charge in [-0.25, -0.2) is 0 Å². The van der Waals surface area contributed by atoms with E-state index >= 15 is 0 Å². The van der Waals surface area contributed by atoms with E-state index < -0.39 is 23.8 Å². The van der Waals surface area contributed by atoms with Crippen LogP contribution in [-0.2, 0) is 9.59 Å². The SMILES string of the molecule is [2H]C(CC(C(=O)O)c1ccccc1)(C(=O)O)c1ccc(OC)cc1. The van der Waals surface area contributed by atoms with Crippen molar-refractivity contribution in [3.63, 3.8) is 0 Å². The maximum absolute atomic E-state index is 11.8. The van der Waals surface area contributed by atoms with Crippen LogP contribution in [0.4, 0.5) is 0 Å². The zero-order valence-electron chi connectivity index (χ0n) is 13.6. The van der Waals surface area contributed by atoms with E-state index in [1.165, 1.54) is 19.2 Å². The molecule has 0 aliphatic rings. The fourth-order valence-corrected chi connectivity index (χ4v) is 2.36. The van der Waals surface area contributed by atoms with E-state index in [1.807, 2.05) is 0 Å². The van der Waals surface area contributed by atoms with E-state index in [1.54, 1.807) is 42.5 Å². The summed E-state index contributed by atoms with van der Waals surface area (Å²) in [5.74, 6) is -5.20. The molecule has 2 aromatic carbocycles. The van der Waals surface area contributed by atoms with Gasteiger partial charge in [-0.3, -0.25) is 9.59 Å². The molecule has 0 heterocycles. The van der Waals surface area contributed by atoms with Crippen LogP contribution in [0.25, 0.3) is 0 Å². The number of ether oxygens (including phenoxy) is 1. The second-order valence-electron chi connectivity index (χ2n) is 5.02. The van der Waals surface area contributed by atoms with Gasteiger partial charge in [-0.05, 0) is 29.7 Å². The molecule has 0 aromatic heterocycles. The van der Waals surface area contributed by atoms with Crippen molar-refractivity contribution in [1.82, 2.24) is 0 Å². The molecule has 0 radical (unpaired) electrons. The average Bonchev–Trinajstić information content (AvgIpc) is 2.59. The molecule has 2 rings (SSSR count). The van der Waals surface area contributed by atoms with E-state index in [0.717, 1.165) is 0 Å². The van der Waals surface area contributed by atoms with Gasteiger partial charge in [-0.1, -0.05) is 42.5 Å². The summed E-state index contributed by atoms with van der Waals surface area (Å²) in [6.45, 7) is 0. The number of hydrogen-bond donors (Lipinski definition) is 2. The van der Waals surface area contributed by atoms with Gasteiger partial charge in [-0.2, -0.15) is 0 Å². The van der Waals surface area contributed by atoms with Gasteiger partial charge in [-0.15, -0.1) is 0 Å². The van der Waals surface area contributed by atoms with Crippen LogP contribution < -0.4 is 4.74 Å². The third-order valence-corrected chi connectivity index (χ3v) is 3.60. The summed E-state index contributed by atoms with van der Waals surface area (Å²) in [7, 11) is 1.48. The minimum Gasteiger partial charge on any atom is -0.497 e. The second-order valence-corrected chi connectivity index (χ2v) is 5.02. The summed E-state index contributed by atoms with van der Waals surface area (Å²) in [5, 5.41) is 19.1. The number of carbonyl (C=O) groups is 2. The molecule has 0 bridgehead atoms. The van der Waals surface area contributed by atoms with Crippen molar-refractivity contribution in [3.8, 4) is 5.75 Å². The van der Waals surface area contributed by atoms with Crippen LogP contribution in [0.2, 0.25) is 0 Å². The Bertz CT molecular complexity index is 714. The molecule has 0 aliphatic heterocycles. The lowest BCUT2D eigenvalue weighted by atomic mass is 9.85. The van der Waals surface area contributed by atoms with Crippen LogP contribution in [-0.4, -0.2) is 29.3 Å². The standard InChI is InChI=1S/C18H18O5/c1-23-14-9-7-13(8-10-14)16(18(21)22)11-15(17(19)20)12-5-3-2-4-6-12/h2-10,15-16H,11H2,1H3,(H,19,20)(H,21,22)/i16D. The maximum atomic E-state index is 11.8. The molecule has 23 heavy (non-hydrogen) atoms. The van der Waals surface area contributed by atoms with Gasteiger partial charge >= 0.3 is 11.9 Å². The monoisotopic (exact) mass is 315 g/mol. The highest BCUT2D eigenvalue weighted by molar-refractivity contribution is 5.80. The topological polar surface area (TPSA) is 83.8 Å². The first-order valence-corrected chi connectivity index (χ1v) is 7.04. The molecule has 120 valence electrons. The van der Waals surface area contributed by atoms with Crippen molar-refractivity contribution in [2.75, 3.05) is 7.11 Å². The first-order valence-electron chi connectivity index (χ1n) is 7.54. The van der Waals surface area contributed by atoms with Gasteiger partial charge < -0.3 is 14.9 Å². The Morgan fingerprint density at radius 2 is 1.61 bits per heavy atom. The molecule has 5 nitrogen and oxygen atoms in total. The molecule has 0 saturated carbocycles. The number of carboxylic acids is 2. The third kappa shape index (κ3) is 4.10. The highest BCUT2D eigenvalue weighted by Crippen LogP contribution is 2.31. The van der Waals surface area contributed by atoms with Crippen molar-refractivity contribution in [1.29, 1.82) is 0 Å². The highest BCUT2D eigenvalue weighted by atomic mass is 16.5. The summed E-state index contributed by atoms with van der Waals surface area (Å²) >= 11 is 0. The summed E-state index contributed by atoms with van der Waals surface area (Å²) in [5.41, 5.74) is 0.675. The Hall–Kier alpha value is -2.82. The number of rotatable bonds is 7. The van der Waals surface area contributed by atoms with Crippen LogP contribution in [0, 0.1) is 0 Å². The van der Waals surface area contributed by atoms with E-state index in [4.69, 9.17) is 6.11 Å². The van der Waals surface area contributed by atoms with Crippen LogP contribution in [0.3, 0.4) is 0 Å². The summed E-state index contributed by atoms with van der Waals surface area (Å²) < 4.78 is 13.4. The van der Waals surface area contributed by atoms with Crippen molar-refractivity contribution in [2.45, 2.75) is 18.2 Å². The number of methoxy groups -OCH3 is 1. The molecule has 2 aromatic rings. The lowest BCUT2D eigenvalue weighted by Crippen LogP contribution is -2.20. The Kier molecular flexibility index (Phi) is 4.88. The van der Waals surface area contributed by atoms with Gasteiger partial charge in [0.1, 0.15) is 5.75 Å². The predicted octanol–water partition coefficient (Wildman–Crippen LogP) is 3.12. The van der Waals surface area contributed by atoms with Gasteiger partial charge in [0, 0.05) is 1.37 Å². The zero-order valence-corrected chi connectivity index (χ0v) is 12.6. The Morgan fingerprint density at radius 3 is 2.09 bits per heavy atom. The maximum Gasteiger partial charge on any atom is 0.311 e. The van der Waals surface area contributed by atoms with E-state index in [0.29, 0.717) is 11.3 Å². The van der Waals surface area contributed by atoms with Crippen molar-refractivity contribution in [3.05, 3.63) is 65.7 Å². The predicted molar refractivity (Wildman–Crippen MR) is 84.8 cm³/mol. The van der Waals surface area contributed by atoms with Gasteiger partial charge in [0.15, 0.2) is 0 Å². The first-order chi connectivity index (χ1) is 11.4. The van der Waals surface area contributed by atoms with Crippen molar-refractivity contribution in [2.24, 2.45) is 0 Å². The van der Waals surface area contributed by atoms with Crippen LogP contribution in [0.5, 0.6) is 5.75 Å². The molecule has 5 heteroatoms. The minimum absolute atomic E-state index is 0.206. The molecular formula is C18H18O5. The number of benzene rings is 2. The van der Waals surface area contributed by atoms with Crippen molar-refractivity contribution < 1.29 is 25.9 Å². The molecule has 2 unspecified atom stereocenters. The number of carboxylic acid groups (broad SMARTS) is 2. The second kappa shape index (κ2) is 7.45. The summed E-state index contributed by atoms with van der Waals surface area (Å²) in [6.07, 6.45) is -0.381. The molecule has 0 aliphatic carbocycles. The van der Waals surface area contributed by atoms with E-state index in [2.05, 4.69) is 0 Å². The largest absolute Gasteiger partial charge is 0.497 e. The Balaban J connectivity index is 2.41. The quantitative estimate of drug-likeness (QED) is 0.820. The lowest BCUT2D eigenvalue weighted by molar-refractivity contribution is -0.141. The normalized spacial score (nSPS) is 15.1. The lowest BCUT2D eigenvalue weighted by Gasteiger charge is -2.19. The summed E-state index contributed by atoms with van der Waals surface area (Å²) in [6, 6.07) is 14.4. The van der Waals surface area contributed by atoms with Crippen LogP contribution in [0.15, 0.2) is 54.6 Å². The first kappa shape index (κ1) is 15.1. The molecule has 0 spiro atoms. The smallest absolute Gasteiger partial charge is 0.311 e. The van der Waals surface area contributed by atoms with Crippen LogP contribution >= 0.6 is 0 Å². The number of hydrogen-bond acceptors (Lipinski definition) is 3. The van der Waals surface area contributed by atoms with Crippen molar-refractivity contribution >= 4 is 11.9 Å². The zero-order chi connectivity index (χ0) is 17.7.